The van der Waals surface area contributed by atoms with Gasteiger partial charge in [-0.3, -0.25) is 0 Å². The highest BCUT2D eigenvalue weighted by molar-refractivity contribution is 7.87. The largest absolute Gasteiger partial charge is 0.472 e. The zero-order chi connectivity index (χ0) is 10.9. The van der Waals surface area contributed by atoms with E-state index in [0.717, 1.165) is 11.1 Å². The monoisotopic (exact) mass is 226 g/mol. The maximum Gasteiger partial charge on any atom is 0.308 e. The second-order valence-electron chi connectivity index (χ2n) is 3.05. The van der Waals surface area contributed by atoms with Crippen LogP contribution in [0.1, 0.15) is 6.92 Å². The van der Waals surface area contributed by atoms with Crippen LogP contribution in [-0.2, 0) is 10.1 Å². The smallest absolute Gasteiger partial charge is 0.308 e. The molecule has 0 aromatic rings. The van der Waals surface area contributed by atoms with Gasteiger partial charge in [0, 0.05) is 11.1 Å². The lowest BCUT2D eigenvalue weighted by Gasteiger charge is -2.05. The summed E-state index contributed by atoms with van der Waals surface area (Å²) in [5, 5.41) is 0. The third-order valence-corrected chi connectivity index (χ3v) is 3.21. The average Bonchev–Trinajstić information content (AvgIpc) is 2.62. The van der Waals surface area contributed by atoms with Gasteiger partial charge >= 0.3 is 10.1 Å². The lowest BCUT2D eigenvalue weighted by Crippen LogP contribution is -2.11. The molecule has 15 heavy (non-hydrogen) atoms. The van der Waals surface area contributed by atoms with Crippen LogP contribution >= 0.6 is 0 Å². The van der Waals surface area contributed by atoms with Crippen LogP contribution in [0.2, 0.25) is 0 Å². The molecule has 1 aliphatic carbocycles. The molecule has 80 valence electrons. The third-order valence-electron chi connectivity index (χ3n) is 2.07. The SMILES string of the molecule is CCS(=O)(=O)Oc1ccc2coccc1-2. The number of hydrogen-bond donors (Lipinski definition) is 0. The van der Waals surface area contributed by atoms with E-state index in [4.69, 9.17) is 8.60 Å². The van der Waals surface area contributed by atoms with Gasteiger partial charge in [0.15, 0.2) is 5.75 Å². The summed E-state index contributed by atoms with van der Waals surface area (Å²) in [6, 6.07) is 5.04. The Labute approximate surface area is 87.9 Å². The molecule has 0 aromatic carbocycles. The molecule has 2 rings (SSSR count). The number of fused-ring (bicyclic) bond motifs is 1. The molecule has 2 aliphatic rings. The maximum absolute atomic E-state index is 11.3. The van der Waals surface area contributed by atoms with Gasteiger partial charge in [0.1, 0.15) is 0 Å². The van der Waals surface area contributed by atoms with Crippen molar-refractivity contribution in [2.24, 2.45) is 0 Å². The fourth-order valence-electron chi connectivity index (χ4n) is 1.26. The van der Waals surface area contributed by atoms with E-state index in [1.54, 1.807) is 24.5 Å². The molecule has 0 amide bonds. The Balaban J connectivity index is 2.39. The maximum atomic E-state index is 11.3. The molecule has 1 aliphatic heterocycles. The van der Waals surface area contributed by atoms with Gasteiger partial charge in [0.05, 0.1) is 18.3 Å². The van der Waals surface area contributed by atoms with Gasteiger partial charge in [-0.1, -0.05) is 0 Å². The summed E-state index contributed by atoms with van der Waals surface area (Å²) in [6.07, 6.45) is 3.02. The quantitative estimate of drug-likeness (QED) is 0.752. The summed E-state index contributed by atoms with van der Waals surface area (Å²) in [5.41, 5.74) is 1.55. The van der Waals surface area contributed by atoms with Gasteiger partial charge in [-0.15, -0.1) is 0 Å². The second kappa shape index (κ2) is 3.58. The second-order valence-corrected chi connectivity index (χ2v) is 4.91. The zero-order valence-corrected chi connectivity index (χ0v) is 8.95. The fourth-order valence-corrected chi connectivity index (χ4v) is 1.79. The highest BCUT2D eigenvalue weighted by Crippen LogP contribution is 2.34. The van der Waals surface area contributed by atoms with Gasteiger partial charge in [-0.25, -0.2) is 0 Å². The summed E-state index contributed by atoms with van der Waals surface area (Å²) in [5.74, 6) is 0.305. The number of hydrogen-bond acceptors (Lipinski definition) is 4. The van der Waals surface area contributed by atoms with E-state index in [9.17, 15) is 8.42 Å². The third kappa shape index (κ3) is 1.97. The molecule has 0 saturated carbocycles. The first-order chi connectivity index (χ1) is 7.12. The van der Waals surface area contributed by atoms with Crippen molar-refractivity contribution in [3.8, 4) is 16.9 Å². The van der Waals surface area contributed by atoms with Crippen molar-refractivity contribution in [1.82, 2.24) is 0 Å². The van der Waals surface area contributed by atoms with Crippen molar-refractivity contribution >= 4 is 10.1 Å². The molecular formula is C10H10O4S. The minimum absolute atomic E-state index is 0.0448. The van der Waals surface area contributed by atoms with E-state index < -0.39 is 10.1 Å². The van der Waals surface area contributed by atoms with Crippen LogP contribution in [0.15, 0.2) is 35.1 Å². The number of rotatable bonds is 3. The predicted molar refractivity (Wildman–Crippen MR) is 55.4 cm³/mol. The molecular weight excluding hydrogens is 216 g/mol. The van der Waals surface area contributed by atoms with E-state index in [-0.39, 0.29) is 5.75 Å². The van der Waals surface area contributed by atoms with Crippen molar-refractivity contribution in [3.63, 3.8) is 0 Å². The molecule has 0 radical (unpaired) electrons. The van der Waals surface area contributed by atoms with Gasteiger partial charge in [0.2, 0.25) is 0 Å². The lowest BCUT2D eigenvalue weighted by molar-refractivity contribution is 0.488. The average molecular weight is 226 g/mol. The Morgan fingerprint density at radius 2 is 2.13 bits per heavy atom. The summed E-state index contributed by atoms with van der Waals surface area (Å²) in [6.45, 7) is 1.54. The molecule has 0 aromatic heterocycles. The van der Waals surface area contributed by atoms with E-state index in [0.29, 0.717) is 5.75 Å². The van der Waals surface area contributed by atoms with Crippen molar-refractivity contribution < 1.29 is 17.0 Å². The highest BCUT2D eigenvalue weighted by atomic mass is 32.2. The zero-order valence-electron chi connectivity index (χ0n) is 8.14. The van der Waals surface area contributed by atoms with E-state index >= 15 is 0 Å². The predicted octanol–water partition coefficient (Wildman–Crippen LogP) is 2.11. The molecule has 0 unspecified atom stereocenters. The van der Waals surface area contributed by atoms with Gasteiger partial charge < -0.3 is 8.60 Å². The summed E-state index contributed by atoms with van der Waals surface area (Å²) < 4.78 is 32.4. The molecule has 0 N–H and O–H groups in total. The molecule has 0 bridgehead atoms. The first-order valence-electron chi connectivity index (χ1n) is 4.49. The normalized spacial score (nSPS) is 11.8. The first kappa shape index (κ1) is 10.0. The Morgan fingerprint density at radius 3 is 2.87 bits per heavy atom. The van der Waals surface area contributed by atoms with E-state index in [1.807, 2.05) is 0 Å². The van der Waals surface area contributed by atoms with Crippen LogP contribution < -0.4 is 4.18 Å². The Morgan fingerprint density at radius 1 is 1.33 bits per heavy atom. The molecule has 1 heterocycles. The highest BCUT2D eigenvalue weighted by Gasteiger charge is 2.16. The molecule has 0 spiro atoms. The van der Waals surface area contributed by atoms with Crippen LogP contribution in [0.4, 0.5) is 0 Å². The topological polar surface area (TPSA) is 56.5 Å². The van der Waals surface area contributed by atoms with Crippen LogP contribution in [0.25, 0.3) is 11.1 Å². The van der Waals surface area contributed by atoms with E-state index in [1.165, 1.54) is 13.2 Å². The molecule has 4 nitrogen and oxygen atoms in total. The molecule has 0 saturated heterocycles. The van der Waals surface area contributed by atoms with Crippen LogP contribution in [0, 0.1) is 0 Å². The Hall–Kier alpha value is -1.49. The summed E-state index contributed by atoms with van der Waals surface area (Å²) in [7, 11) is -3.46. The van der Waals surface area contributed by atoms with Gasteiger partial charge in [0.25, 0.3) is 0 Å². The first-order valence-corrected chi connectivity index (χ1v) is 6.07. The summed E-state index contributed by atoms with van der Waals surface area (Å²) >= 11 is 0. The van der Waals surface area contributed by atoms with Crippen LogP contribution in [0.3, 0.4) is 0 Å². The minimum Gasteiger partial charge on any atom is -0.472 e. The molecule has 5 heteroatoms. The van der Waals surface area contributed by atoms with Crippen molar-refractivity contribution in [1.29, 1.82) is 0 Å². The van der Waals surface area contributed by atoms with E-state index in [2.05, 4.69) is 0 Å². The van der Waals surface area contributed by atoms with Gasteiger partial charge in [-0.05, 0) is 25.1 Å². The van der Waals surface area contributed by atoms with Crippen LogP contribution in [-0.4, -0.2) is 14.2 Å². The molecule has 0 fully saturated rings. The van der Waals surface area contributed by atoms with Crippen LogP contribution in [0.5, 0.6) is 5.75 Å². The van der Waals surface area contributed by atoms with Crippen molar-refractivity contribution in [3.05, 3.63) is 30.7 Å². The van der Waals surface area contributed by atoms with Crippen molar-refractivity contribution in [2.75, 3.05) is 5.75 Å². The minimum atomic E-state index is -3.46. The Kier molecular flexibility index (Phi) is 2.40. The fraction of sp³-hybridized carbons (Fsp3) is 0.200. The standard InChI is InChI=1S/C10H10O4S/c1-2-15(11,12)14-10-4-3-8-7-13-6-5-9(8)10/h3-7H,2H2,1H3. The van der Waals surface area contributed by atoms with Gasteiger partial charge in [-0.2, -0.15) is 8.42 Å². The van der Waals surface area contributed by atoms with Crippen molar-refractivity contribution in [2.45, 2.75) is 6.92 Å². The Bertz CT molecular complexity index is 526. The molecule has 0 atom stereocenters. The summed E-state index contributed by atoms with van der Waals surface area (Å²) in [4.78, 5) is 0. The lowest BCUT2D eigenvalue weighted by atomic mass is 10.2.